The molecule has 1 nitrogen and oxygen atoms in total. The van der Waals surface area contributed by atoms with E-state index in [1.807, 2.05) is 54.6 Å². The normalized spacial score (nSPS) is 13.5. The van der Waals surface area contributed by atoms with Crippen LogP contribution in [0, 0.1) is 0 Å². The molecular weight excluding hydrogens is 323 g/mol. The molecule has 118 valence electrons. The van der Waals surface area contributed by atoms with Crippen molar-refractivity contribution >= 4 is 34.8 Å². The molecule has 0 aromatic heterocycles. The van der Waals surface area contributed by atoms with E-state index in [1.54, 1.807) is 0 Å². The van der Waals surface area contributed by atoms with Crippen molar-refractivity contribution in [2.75, 3.05) is 6.61 Å². The summed E-state index contributed by atoms with van der Waals surface area (Å²) in [5.41, 5.74) is 0. The minimum absolute atomic E-state index is 0.0491. The van der Waals surface area contributed by atoms with Gasteiger partial charge in [-0.15, -0.1) is 0 Å². The molecule has 0 fully saturated rings. The number of halogens is 1. The van der Waals surface area contributed by atoms with Gasteiger partial charge in [0, 0.05) is 0 Å². The van der Waals surface area contributed by atoms with Crippen molar-refractivity contribution in [3.05, 3.63) is 91.0 Å². The molecule has 1 N–H and O–H groups in total. The average Bonchev–Trinajstić information content (AvgIpc) is 2.65. The summed E-state index contributed by atoms with van der Waals surface area (Å²) < 4.78 is 0. The second-order valence-corrected chi connectivity index (χ2v) is 10.5. The summed E-state index contributed by atoms with van der Waals surface area (Å²) in [6, 6.07) is 31.1. The van der Waals surface area contributed by atoms with Crippen LogP contribution in [0.3, 0.4) is 0 Å². The summed E-state index contributed by atoms with van der Waals surface area (Å²) in [7, 11) is -2.51. The van der Waals surface area contributed by atoms with Crippen molar-refractivity contribution in [1.29, 1.82) is 0 Å². The Morgan fingerprint density at radius 3 is 1.22 bits per heavy atom. The maximum absolute atomic E-state index is 9.96. The molecule has 3 heteroatoms. The van der Waals surface area contributed by atoms with Crippen LogP contribution in [0.5, 0.6) is 0 Å². The Balaban J connectivity index is 2.35. The van der Waals surface area contributed by atoms with Gasteiger partial charge in [-0.3, -0.25) is 0 Å². The number of hydrogen-bond acceptors (Lipinski definition) is 1. The van der Waals surface area contributed by atoms with Gasteiger partial charge in [0.1, 0.15) is 0 Å². The zero-order valence-corrected chi connectivity index (χ0v) is 14.5. The van der Waals surface area contributed by atoms with Crippen LogP contribution < -0.4 is 15.9 Å². The third kappa shape index (κ3) is 2.93. The molecule has 0 amide bonds. The van der Waals surface area contributed by atoms with Gasteiger partial charge in [-0.1, -0.05) is 0 Å². The third-order valence-electron chi connectivity index (χ3n) is 4.32. The molecule has 23 heavy (non-hydrogen) atoms. The fourth-order valence-electron chi connectivity index (χ4n) is 3.28. The van der Waals surface area contributed by atoms with Crippen LogP contribution >= 0.6 is 18.9 Å². The summed E-state index contributed by atoms with van der Waals surface area (Å²) in [6.45, 7) is -0.0491. The Morgan fingerprint density at radius 1 is 0.652 bits per heavy atom. The van der Waals surface area contributed by atoms with Crippen molar-refractivity contribution in [1.82, 2.24) is 0 Å². The number of aliphatic hydroxyl groups excluding tert-OH is 1. The van der Waals surface area contributed by atoms with Gasteiger partial charge in [0.25, 0.3) is 0 Å². The first-order valence-corrected chi connectivity index (χ1v) is 10.2. The van der Waals surface area contributed by atoms with Gasteiger partial charge in [0.2, 0.25) is 0 Å². The molecule has 0 saturated heterocycles. The van der Waals surface area contributed by atoms with Gasteiger partial charge >= 0.3 is 143 Å². The predicted molar refractivity (Wildman–Crippen MR) is 103 cm³/mol. The quantitative estimate of drug-likeness (QED) is 0.557. The Labute approximate surface area is 142 Å². The number of hydrogen-bond donors (Lipinski definition) is 1. The summed E-state index contributed by atoms with van der Waals surface area (Å²) >= 11 is 6.80. The summed E-state index contributed by atoms with van der Waals surface area (Å²) in [5, 5.41) is 13.3. The molecule has 0 heterocycles. The average molecular weight is 343 g/mol. The van der Waals surface area contributed by atoms with Crippen molar-refractivity contribution in [2.24, 2.45) is 0 Å². The Kier molecular flexibility index (Phi) is 5.13. The van der Waals surface area contributed by atoms with Crippen LogP contribution in [0.4, 0.5) is 0 Å². The van der Waals surface area contributed by atoms with Gasteiger partial charge in [-0.2, -0.15) is 0 Å². The van der Waals surface area contributed by atoms with Crippen LogP contribution in [-0.2, 0) is 0 Å². The molecule has 3 rings (SSSR count). The van der Waals surface area contributed by atoms with Gasteiger partial charge in [-0.05, 0) is 0 Å². The number of aliphatic hydroxyl groups is 1. The molecule has 0 spiro atoms. The van der Waals surface area contributed by atoms with Crippen LogP contribution in [-0.4, -0.2) is 16.8 Å². The molecule has 3 aromatic rings. The van der Waals surface area contributed by atoms with Crippen molar-refractivity contribution in [3.8, 4) is 0 Å². The fraction of sp³-hybridized carbons (Fsp3) is 0.100. The van der Waals surface area contributed by atoms with Gasteiger partial charge in [-0.25, -0.2) is 0 Å². The summed E-state index contributed by atoms with van der Waals surface area (Å²) in [6.07, 6.45) is 0. The van der Waals surface area contributed by atoms with Gasteiger partial charge < -0.3 is 0 Å². The molecule has 3 aromatic carbocycles. The van der Waals surface area contributed by atoms with E-state index in [2.05, 4.69) is 36.4 Å². The first kappa shape index (κ1) is 16.2. The van der Waals surface area contributed by atoms with E-state index in [0.29, 0.717) is 0 Å². The van der Waals surface area contributed by atoms with E-state index in [-0.39, 0.29) is 11.7 Å². The molecule has 0 bridgehead atoms. The van der Waals surface area contributed by atoms with E-state index in [9.17, 15) is 5.11 Å². The van der Waals surface area contributed by atoms with E-state index < -0.39 is 7.26 Å². The molecule has 0 aliphatic rings. The first-order chi connectivity index (χ1) is 11.3. The molecule has 1 unspecified atom stereocenters. The van der Waals surface area contributed by atoms with Crippen LogP contribution in [0.25, 0.3) is 0 Å². The van der Waals surface area contributed by atoms with Crippen LogP contribution in [0.15, 0.2) is 91.0 Å². The Morgan fingerprint density at radius 2 is 0.957 bits per heavy atom. The molecule has 0 radical (unpaired) electrons. The zero-order valence-electron chi connectivity index (χ0n) is 12.8. The predicted octanol–water partition coefficient (Wildman–Crippen LogP) is 3.27. The molecule has 0 aliphatic carbocycles. The number of benzene rings is 3. The monoisotopic (exact) mass is 342 g/mol. The molecule has 0 aliphatic heterocycles. The SMILES string of the molecule is OCC(Cl)[PH](c1ccccc1)(c1ccccc1)c1ccccc1. The number of rotatable bonds is 5. The van der Waals surface area contributed by atoms with Crippen LogP contribution in [0.2, 0.25) is 0 Å². The fourth-order valence-corrected chi connectivity index (χ4v) is 8.93. The van der Waals surface area contributed by atoms with Crippen molar-refractivity contribution in [3.63, 3.8) is 0 Å². The van der Waals surface area contributed by atoms with Gasteiger partial charge in [0.05, 0.1) is 0 Å². The molecular formula is C20H20ClOP. The topological polar surface area (TPSA) is 20.2 Å². The second-order valence-electron chi connectivity index (χ2n) is 5.56. The third-order valence-corrected chi connectivity index (χ3v) is 10.3. The molecule has 1 atom stereocenters. The second kappa shape index (κ2) is 7.27. The van der Waals surface area contributed by atoms with Crippen molar-refractivity contribution in [2.45, 2.75) is 5.12 Å². The Bertz CT molecular complexity index is 635. The van der Waals surface area contributed by atoms with E-state index in [0.717, 1.165) is 0 Å². The number of alkyl halides is 1. The zero-order chi connectivity index (χ0) is 16.1. The summed E-state index contributed by atoms with van der Waals surface area (Å²) in [4.78, 5) is 0. The summed E-state index contributed by atoms with van der Waals surface area (Å²) in [5.74, 6) is 0. The van der Waals surface area contributed by atoms with E-state index in [1.165, 1.54) is 15.9 Å². The van der Waals surface area contributed by atoms with E-state index >= 15 is 0 Å². The maximum atomic E-state index is 9.96. The molecule has 0 saturated carbocycles. The Hall–Kier alpha value is -1.66. The van der Waals surface area contributed by atoms with E-state index in [4.69, 9.17) is 11.6 Å². The van der Waals surface area contributed by atoms with Crippen molar-refractivity contribution < 1.29 is 5.11 Å². The van der Waals surface area contributed by atoms with Gasteiger partial charge in [0.15, 0.2) is 0 Å². The first-order valence-electron chi connectivity index (χ1n) is 7.71. The standard InChI is InChI=1S/C20H20ClOP/c21-20(16-22)23(17-10-4-1-5-11-17,18-12-6-2-7-13-18)19-14-8-3-9-15-19/h1-15,20,22-23H,16H2. The van der Waals surface area contributed by atoms with Crippen LogP contribution in [0.1, 0.15) is 0 Å². The minimum atomic E-state index is -2.51.